The van der Waals surface area contributed by atoms with Crippen LogP contribution in [0.4, 0.5) is 0 Å². The van der Waals surface area contributed by atoms with Crippen LogP contribution in [0.15, 0.2) is 18.5 Å². The number of nitrogens with zero attached hydrogens (tertiary/aromatic N) is 2. The number of carbonyl (C=O) groups is 1. The average molecular weight is 374 g/mol. The van der Waals surface area contributed by atoms with Crippen molar-refractivity contribution in [1.82, 2.24) is 9.88 Å². The summed E-state index contributed by atoms with van der Waals surface area (Å²) < 4.78 is 17.9. The van der Waals surface area contributed by atoms with Gasteiger partial charge in [-0.3, -0.25) is 9.78 Å². The standard InChI is InChI=1S/C21H30N2O4/c1-16-8-17(11-22-10-16)12-25-19-6-7-27-21(9-19)14-23(15-21)20(24)13-26-18-4-2-3-5-18/h8,10-11,18-19H,2-7,9,12-15H2,1H3/t19-/m0/s1. The van der Waals surface area contributed by atoms with Crippen LogP contribution in [0, 0.1) is 6.92 Å². The predicted octanol–water partition coefficient (Wildman–Crippen LogP) is 2.63. The number of likely N-dealkylation sites (tertiary alicyclic amines) is 1. The monoisotopic (exact) mass is 374 g/mol. The lowest BCUT2D eigenvalue weighted by atomic mass is 9.84. The number of amides is 1. The number of aryl methyl sites for hydroxylation is 1. The Kier molecular flexibility index (Phi) is 5.76. The van der Waals surface area contributed by atoms with Crippen molar-refractivity contribution >= 4 is 5.91 Å². The molecular weight excluding hydrogens is 344 g/mol. The molecule has 0 N–H and O–H groups in total. The molecular formula is C21H30N2O4. The number of rotatable bonds is 6. The van der Waals surface area contributed by atoms with Crippen molar-refractivity contribution in [2.24, 2.45) is 0 Å². The van der Waals surface area contributed by atoms with Crippen LogP contribution in [0.1, 0.15) is 49.7 Å². The van der Waals surface area contributed by atoms with Crippen LogP contribution >= 0.6 is 0 Å². The fourth-order valence-electron chi connectivity index (χ4n) is 4.42. The Morgan fingerprint density at radius 2 is 2.04 bits per heavy atom. The van der Waals surface area contributed by atoms with Gasteiger partial charge < -0.3 is 19.1 Å². The van der Waals surface area contributed by atoms with Crippen molar-refractivity contribution in [2.45, 2.75) is 69.9 Å². The molecule has 1 spiro atoms. The maximum atomic E-state index is 12.3. The van der Waals surface area contributed by atoms with E-state index in [4.69, 9.17) is 14.2 Å². The zero-order chi connectivity index (χ0) is 18.7. The highest BCUT2D eigenvalue weighted by molar-refractivity contribution is 5.78. The summed E-state index contributed by atoms with van der Waals surface area (Å²) in [7, 11) is 0. The van der Waals surface area contributed by atoms with Crippen LogP contribution < -0.4 is 0 Å². The smallest absolute Gasteiger partial charge is 0.248 e. The zero-order valence-corrected chi connectivity index (χ0v) is 16.2. The van der Waals surface area contributed by atoms with E-state index in [1.54, 1.807) is 0 Å². The number of hydrogen-bond donors (Lipinski definition) is 0. The molecule has 0 radical (unpaired) electrons. The topological polar surface area (TPSA) is 60.9 Å². The Balaban J connectivity index is 1.21. The molecule has 0 unspecified atom stereocenters. The number of carbonyl (C=O) groups excluding carboxylic acids is 1. The molecule has 27 heavy (non-hydrogen) atoms. The fourth-order valence-corrected chi connectivity index (χ4v) is 4.42. The normalized spacial score (nSPS) is 24.9. The maximum Gasteiger partial charge on any atom is 0.248 e. The van der Waals surface area contributed by atoms with Gasteiger partial charge in [0.2, 0.25) is 5.91 Å². The summed E-state index contributed by atoms with van der Waals surface area (Å²) in [6, 6.07) is 2.11. The van der Waals surface area contributed by atoms with Crippen LogP contribution in [0.5, 0.6) is 0 Å². The molecule has 3 aliphatic rings. The van der Waals surface area contributed by atoms with Gasteiger partial charge in [0.1, 0.15) is 12.2 Å². The van der Waals surface area contributed by atoms with Gasteiger partial charge in [0, 0.05) is 25.4 Å². The molecule has 6 heteroatoms. The molecule has 1 saturated carbocycles. The van der Waals surface area contributed by atoms with E-state index in [0.29, 0.717) is 26.3 Å². The molecule has 6 nitrogen and oxygen atoms in total. The third-order valence-electron chi connectivity index (χ3n) is 5.92. The Hall–Kier alpha value is -1.50. The summed E-state index contributed by atoms with van der Waals surface area (Å²) in [5.74, 6) is 0.0880. The van der Waals surface area contributed by atoms with Crippen LogP contribution in [0.25, 0.3) is 0 Å². The Bertz CT molecular complexity index is 653. The van der Waals surface area contributed by atoms with Gasteiger partial charge in [-0.25, -0.2) is 0 Å². The zero-order valence-electron chi connectivity index (χ0n) is 16.2. The lowest BCUT2D eigenvalue weighted by molar-refractivity contribution is -0.204. The van der Waals surface area contributed by atoms with Gasteiger partial charge in [0.15, 0.2) is 0 Å². The third kappa shape index (κ3) is 4.68. The second-order valence-corrected chi connectivity index (χ2v) is 8.30. The van der Waals surface area contributed by atoms with E-state index in [1.807, 2.05) is 24.2 Å². The van der Waals surface area contributed by atoms with Crippen molar-refractivity contribution in [3.8, 4) is 0 Å². The molecule has 2 saturated heterocycles. The quantitative estimate of drug-likeness (QED) is 0.766. The van der Waals surface area contributed by atoms with Gasteiger partial charge in [0.05, 0.1) is 31.9 Å². The lowest BCUT2D eigenvalue weighted by Crippen LogP contribution is -2.67. The highest BCUT2D eigenvalue weighted by Gasteiger charge is 2.49. The van der Waals surface area contributed by atoms with Gasteiger partial charge in [0.25, 0.3) is 0 Å². The number of hydrogen-bond acceptors (Lipinski definition) is 5. The molecule has 0 bridgehead atoms. The minimum Gasteiger partial charge on any atom is -0.373 e. The van der Waals surface area contributed by atoms with Gasteiger partial charge in [-0.1, -0.05) is 18.9 Å². The molecule has 0 aromatic carbocycles. The van der Waals surface area contributed by atoms with E-state index in [0.717, 1.165) is 36.8 Å². The highest BCUT2D eigenvalue weighted by Crippen LogP contribution is 2.35. The van der Waals surface area contributed by atoms with E-state index in [1.165, 1.54) is 12.8 Å². The first kappa shape index (κ1) is 18.8. The minimum atomic E-state index is -0.225. The molecule has 1 atom stereocenters. The van der Waals surface area contributed by atoms with E-state index in [9.17, 15) is 4.79 Å². The SMILES string of the molecule is Cc1cncc(CO[C@H]2CCOC3(C2)CN(C(=O)COC2CCCC2)C3)c1. The highest BCUT2D eigenvalue weighted by atomic mass is 16.5. The average Bonchev–Trinajstić information content (AvgIpc) is 3.16. The molecule has 2 aliphatic heterocycles. The molecule has 3 fully saturated rings. The predicted molar refractivity (Wildman–Crippen MR) is 100 cm³/mol. The summed E-state index contributed by atoms with van der Waals surface area (Å²) in [4.78, 5) is 18.4. The summed E-state index contributed by atoms with van der Waals surface area (Å²) in [5.41, 5.74) is 2.02. The molecule has 1 amide bonds. The molecule has 1 aliphatic carbocycles. The second-order valence-electron chi connectivity index (χ2n) is 8.30. The van der Waals surface area contributed by atoms with Gasteiger partial charge in [-0.15, -0.1) is 0 Å². The molecule has 4 rings (SSSR count). The summed E-state index contributed by atoms with van der Waals surface area (Å²) in [6.07, 6.45) is 10.5. The third-order valence-corrected chi connectivity index (χ3v) is 5.92. The molecule has 148 valence electrons. The van der Waals surface area contributed by atoms with Crippen molar-refractivity contribution < 1.29 is 19.0 Å². The number of pyridine rings is 1. The fraction of sp³-hybridized carbons (Fsp3) is 0.714. The van der Waals surface area contributed by atoms with Crippen molar-refractivity contribution in [1.29, 1.82) is 0 Å². The molecule has 1 aromatic heterocycles. The lowest BCUT2D eigenvalue weighted by Gasteiger charge is -2.53. The molecule has 1 aromatic rings. The Morgan fingerprint density at radius 3 is 2.81 bits per heavy atom. The first-order chi connectivity index (χ1) is 13.1. The van der Waals surface area contributed by atoms with E-state index < -0.39 is 0 Å². The van der Waals surface area contributed by atoms with Crippen molar-refractivity contribution in [3.63, 3.8) is 0 Å². The van der Waals surface area contributed by atoms with Crippen LogP contribution in [0.2, 0.25) is 0 Å². The van der Waals surface area contributed by atoms with E-state index >= 15 is 0 Å². The number of aromatic nitrogens is 1. The second kappa shape index (κ2) is 8.25. The Labute approximate surface area is 161 Å². The van der Waals surface area contributed by atoms with Crippen LogP contribution in [-0.2, 0) is 25.6 Å². The van der Waals surface area contributed by atoms with E-state index in [-0.39, 0.29) is 30.3 Å². The Morgan fingerprint density at radius 1 is 1.22 bits per heavy atom. The van der Waals surface area contributed by atoms with Crippen molar-refractivity contribution in [3.05, 3.63) is 29.6 Å². The maximum absolute atomic E-state index is 12.3. The van der Waals surface area contributed by atoms with Gasteiger partial charge in [-0.2, -0.15) is 0 Å². The molecule has 3 heterocycles. The van der Waals surface area contributed by atoms with Gasteiger partial charge in [-0.05, 0) is 37.3 Å². The largest absolute Gasteiger partial charge is 0.373 e. The van der Waals surface area contributed by atoms with Gasteiger partial charge >= 0.3 is 0 Å². The van der Waals surface area contributed by atoms with Crippen LogP contribution in [-0.4, -0.2) is 59.9 Å². The number of ether oxygens (including phenoxy) is 3. The van der Waals surface area contributed by atoms with E-state index in [2.05, 4.69) is 11.1 Å². The first-order valence-corrected chi connectivity index (χ1v) is 10.2. The summed E-state index contributed by atoms with van der Waals surface area (Å²) in [5, 5.41) is 0. The first-order valence-electron chi connectivity index (χ1n) is 10.2. The summed E-state index contributed by atoms with van der Waals surface area (Å²) in [6.45, 7) is 4.83. The summed E-state index contributed by atoms with van der Waals surface area (Å²) >= 11 is 0. The van der Waals surface area contributed by atoms with Crippen molar-refractivity contribution in [2.75, 3.05) is 26.3 Å². The minimum absolute atomic E-state index is 0.0880. The van der Waals surface area contributed by atoms with Crippen LogP contribution in [0.3, 0.4) is 0 Å².